The predicted molar refractivity (Wildman–Crippen MR) is 95.6 cm³/mol. The summed E-state index contributed by atoms with van der Waals surface area (Å²) < 4.78 is 5.23. The van der Waals surface area contributed by atoms with Gasteiger partial charge in [-0.2, -0.15) is 0 Å². The number of nitrogens with one attached hydrogen (secondary N) is 1. The third-order valence-corrected chi connectivity index (χ3v) is 3.84. The van der Waals surface area contributed by atoms with E-state index in [0.29, 0.717) is 27.7 Å². The lowest BCUT2D eigenvalue weighted by Crippen LogP contribution is -2.12. The van der Waals surface area contributed by atoms with Crippen molar-refractivity contribution in [2.75, 3.05) is 12.4 Å². The third kappa shape index (κ3) is 3.39. The van der Waals surface area contributed by atoms with E-state index in [1.54, 1.807) is 49.7 Å². The van der Waals surface area contributed by atoms with Crippen molar-refractivity contribution in [1.29, 1.82) is 0 Å². The first-order valence-electron chi connectivity index (χ1n) is 7.34. The fraction of sp³-hybridized carbons (Fsp3) is 0.0526. The van der Waals surface area contributed by atoms with Gasteiger partial charge in [0.1, 0.15) is 5.75 Å². The molecule has 24 heavy (non-hydrogen) atoms. The highest BCUT2D eigenvalue weighted by atomic mass is 35.5. The molecule has 120 valence electrons. The minimum atomic E-state index is -0.210. The minimum Gasteiger partial charge on any atom is -0.495 e. The van der Waals surface area contributed by atoms with Crippen LogP contribution < -0.4 is 10.1 Å². The van der Waals surface area contributed by atoms with E-state index in [9.17, 15) is 4.79 Å². The predicted octanol–water partition coefficient (Wildman–Crippen LogP) is 4.66. The summed E-state index contributed by atoms with van der Waals surface area (Å²) in [5.41, 5.74) is 2.71. The van der Waals surface area contributed by atoms with Crippen molar-refractivity contribution < 1.29 is 9.53 Å². The number of nitrogens with zero attached hydrogens (tertiary/aromatic N) is 1. The summed E-state index contributed by atoms with van der Waals surface area (Å²) in [6, 6.07) is 18.0. The van der Waals surface area contributed by atoms with Crippen LogP contribution in [-0.4, -0.2) is 18.0 Å². The lowest BCUT2D eigenvalue weighted by molar-refractivity contribution is 0.102. The van der Waals surface area contributed by atoms with Crippen molar-refractivity contribution in [2.24, 2.45) is 0 Å². The van der Waals surface area contributed by atoms with E-state index in [1.807, 2.05) is 24.3 Å². The van der Waals surface area contributed by atoms with Gasteiger partial charge in [-0.25, -0.2) is 0 Å². The normalized spacial score (nSPS) is 10.2. The van der Waals surface area contributed by atoms with Crippen LogP contribution in [0.15, 0.2) is 66.9 Å². The van der Waals surface area contributed by atoms with Crippen LogP contribution in [0.3, 0.4) is 0 Å². The second kappa shape index (κ2) is 7.15. The fourth-order valence-electron chi connectivity index (χ4n) is 2.32. The molecule has 3 rings (SSSR count). The van der Waals surface area contributed by atoms with Crippen LogP contribution in [-0.2, 0) is 0 Å². The van der Waals surface area contributed by atoms with Gasteiger partial charge in [0.25, 0.3) is 5.91 Å². The summed E-state index contributed by atoms with van der Waals surface area (Å²) in [5.74, 6) is 0.404. The summed E-state index contributed by atoms with van der Waals surface area (Å²) in [4.78, 5) is 16.7. The molecule has 0 bridgehead atoms. The molecule has 1 amide bonds. The number of para-hydroxylation sites is 2. The number of halogens is 1. The zero-order chi connectivity index (χ0) is 16.9. The molecule has 1 aromatic heterocycles. The molecule has 0 aliphatic rings. The molecule has 0 fully saturated rings. The second-order valence-electron chi connectivity index (χ2n) is 5.07. The standard InChI is InChI=1S/C19H15ClN2O2/c1-24-17-7-3-2-6-16(17)22-19(23)14-10-8-13(9-11-14)18-15(20)5-4-12-21-18/h2-12H,1H3,(H,22,23). The number of carbonyl (C=O) groups excluding carboxylic acids is 1. The van der Waals surface area contributed by atoms with Gasteiger partial charge < -0.3 is 10.1 Å². The average molecular weight is 339 g/mol. The zero-order valence-electron chi connectivity index (χ0n) is 13.0. The van der Waals surface area contributed by atoms with Crippen LogP contribution in [0.25, 0.3) is 11.3 Å². The van der Waals surface area contributed by atoms with Gasteiger partial charge in [0, 0.05) is 17.3 Å². The third-order valence-electron chi connectivity index (χ3n) is 3.53. The molecule has 1 heterocycles. The van der Waals surface area contributed by atoms with Gasteiger partial charge in [0.05, 0.1) is 23.5 Å². The van der Waals surface area contributed by atoms with Gasteiger partial charge in [-0.15, -0.1) is 0 Å². The van der Waals surface area contributed by atoms with E-state index >= 15 is 0 Å². The van der Waals surface area contributed by atoms with Crippen LogP contribution in [0.4, 0.5) is 5.69 Å². The Kier molecular flexibility index (Phi) is 4.77. The highest BCUT2D eigenvalue weighted by molar-refractivity contribution is 6.33. The van der Waals surface area contributed by atoms with Crippen molar-refractivity contribution in [2.45, 2.75) is 0 Å². The molecule has 2 aromatic carbocycles. The molecular formula is C19H15ClN2O2. The van der Waals surface area contributed by atoms with E-state index in [-0.39, 0.29) is 5.91 Å². The van der Waals surface area contributed by atoms with Gasteiger partial charge in [-0.05, 0) is 36.4 Å². The van der Waals surface area contributed by atoms with Gasteiger partial charge in [-0.3, -0.25) is 9.78 Å². The summed E-state index contributed by atoms with van der Waals surface area (Å²) in [5, 5.41) is 3.42. The number of amides is 1. The maximum Gasteiger partial charge on any atom is 0.255 e. The lowest BCUT2D eigenvalue weighted by atomic mass is 10.1. The van der Waals surface area contributed by atoms with E-state index < -0.39 is 0 Å². The minimum absolute atomic E-state index is 0.210. The Morgan fingerprint density at radius 1 is 1.04 bits per heavy atom. The Morgan fingerprint density at radius 2 is 1.79 bits per heavy atom. The van der Waals surface area contributed by atoms with E-state index in [2.05, 4.69) is 10.3 Å². The molecule has 0 spiro atoms. The number of aromatic nitrogens is 1. The number of ether oxygens (including phenoxy) is 1. The quantitative estimate of drug-likeness (QED) is 0.752. The van der Waals surface area contributed by atoms with Crippen LogP contribution in [0, 0.1) is 0 Å². The van der Waals surface area contributed by atoms with Crippen molar-refractivity contribution >= 4 is 23.2 Å². The SMILES string of the molecule is COc1ccccc1NC(=O)c1ccc(-c2ncccc2Cl)cc1. The molecule has 0 radical (unpaired) electrons. The molecule has 0 aliphatic carbocycles. The Balaban J connectivity index is 1.81. The topological polar surface area (TPSA) is 51.2 Å². The smallest absolute Gasteiger partial charge is 0.255 e. The highest BCUT2D eigenvalue weighted by Crippen LogP contribution is 2.26. The Bertz CT molecular complexity index is 863. The van der Waals surface area contributed by atoms with Gasteiger partial charge in [0.15, 0.2) is 0 Å². The molecular weight excluding hydrogens is 324 g/mol. The van der Waals surface area contributed by atoms with Gasteiger partial charge in [0.2, 0.25) is 0 Å². The van der Waals surface area contributed by atoms with Crippen molar-refractivity contribution in [3.8, 4) is 17.0 Å². The summed E-state index contributed by atoms with van der Waals surface area (Å²) in [6.45, 7) is 0. The van der Waals surface area contributed by atoms with Crippen LogP contribution >= 0.6 is 11.6 Å². The Hall–Kier alpha value is -2.85. The molecule has 4 nitrogen and oxygen atoms in total. The Labute approximate surface area is 145 Å². The number of pyridine rings is 1. The van der Waals surface area contributed by atoms with Crippen LogP contribution in [0.2, 0.25) is 5.02 Å². The van der Waals surface area contributed by atoms with Crippen LogP contribution in [0.5, 0.6) is 5.75 Å². The number of hydrogen-bond acceptors (Lipinski definition) is 3. The van der Waals surface area contributed by atoms with Gasteiger partial charge >= 0.3 is 0 Å². The molecule has 1 N–H and O–H groups in total. The number of rotatable bonds is 4. The Morgan fingerprint density at radius 3 is 2.50 bits per heavy atom. The first kappa shape index (κ1) is 16.0. The van der Waals surface area contributed by atoms with Crippen molar-refractivity contribution in [3.05, 3.63) is 77.4 Å². The number of anilines is 1. The molecule has 0 saturated carbocycles. The number of benzene rings is 2. The first-order valence-corrected chi connectivity index (χ1v) is 7.72. The van der Waals surface area contributed by atoms with Gasteiger partial charge in [-0.1, -0.05) is 35.9 Å². The lowest BCUT2D eigenvalue weighted by Gasteiger charge is -2.10. The van der Waals surface area contributed by atoms with E-state index in [0.717, 1.165) is 5.56 Å². The number of methoxy groups -OCH3 is 1. The average Bonchev–Trinajstić information content (AvgIpc) is 2.63. The maximum absolute atomic E-state index is 12.4. The maximum atomic E-state index is 12.4. The number of carbonyl (C=O) groups is 1. The molecule has 0 unspecified atom stereocenters. The molecule has 0 atom stereocenters. The monoisotopic (exact) mass is 338 g/mol. The van der Waals surface area contributed by atoms with E-state index in [1.165, 1.54) is 0 Å². The molecule has 0 saturated heterocycles. The zero-order valence-corrected chi connectivity index (χ0v) is 13.7. The first-order chi connectivity index (χ1) is 11.7. The molecule has 0 aliphatic heterocycles. The summed E-state index contributed by atoms with van der Waals surface area (Å²) >= 11 is 6.15. The van der Waals surface area contributed by atoms with Crippen molar-refractivity contribution in [3.63, 3.8) is 0 Å². The summed E-state index contributed by atoms with van der Waals surface area (Å²) in [6.07, 6.45) is 1.68. The largest absolute Gasteiger partial charge is 0.495 e. The molecule has 5 heteroatoms. The highest BCUT2D eigenvalue weighted by Gasteiger charge is 2.10. The van der Waals surface area contributed by atoms with E-state index in [4.69, 9.17) is 16.3 Å². The second-order valence-corrected chi connectivity index (χ2v) is 5.47. The fourth-order valence-corrected chi connectivity index (χ4v) is 2.55. The van der Waals surface area contributed by atoms with Crippen LogP contribution in [0.1, 0.15) is 10.4 Å². The number of hydrogen-bond donors (Lipinski definition) is 1. The molecule has 3 aromatic rings. The summed E-state index contributed by atoms with van der Waals surface area (Å²) in [7, 11) is 1.57. The van der Waals surface area contributed by atoms with Crippen molar-refractivity contribution in [1.82, 2.24) is 4.98 Å².